The summed E-state index contributed by atoms with van der Waals surface area (Å²) in [7, 11) is 0. The van der Waals surface area contributed by atoms with Crippen molar-refractivity contribution in [2.45, 2.75) is 25.8 Å². The maximum absolute atomic E-state index is 9.87. The monoisotopic (exact) mass is 389 g/mol. The van der Waals surface area contributed by atoms with Crippen LogP contribution in [-0.4, -0.2) is 30.9 Å². The van der Waals surface area contributed by atoms with Gasteiger partial charge in [0, 0.05) is 17.7 Å². The van der Waals surface area contributed by atoms with Gasteiger partial charge in [-0.1, -0.05) is 11.6 Å². The number of hydrogen-bond acceptors (Lipinski definition) is 5. The topological polar surface area (TPSA) is 83.7 Å². The van der Waals surface area contributed by atoms with E-state index in [1.807, 2.05) is 0 Å². The number of anilines is 1. The average Bonchev–Trinajstić information content (AvgIpc) is 3.35. The number of rotatable bonds is 4. The van der Waals surface area contributed by atoms with Gasteiger partial charge in [-0.05, 0) is 44.1 Å². The number of hydrogen-bond donors (Lipinski definition) is 3. The quantitative estimate of drug-likeness (QED) is 0.587. The summed E-state index contributed by atoms with van der Waals surface area (Å²) in [5, 5.41) is 21.3. The van der Waals surface area contributed by atoms with Gasteiger partial charge < -0.3 is 20.5 Å². The van der Waals surface area contributed by atoms with Crippen molar-refractivity contribution in [3.8, 4) is 17.4 Å². The van der Waals surface area contributed by atoms with Crippen LogP contribution in [0.15, 0.2) is 30.7 Å². The zero-order valence-corrected chi connectivity index (χ0v) is 15.4. The molecule has 9 heteroatoms. The van der Waals surface area contributed by atoms with Crippen molar-refractivity contribution < 1.29 is 9.84 Å². The lowest BCUT2D eigenvalue weighted by atomic mass is 10.3. The summed E-state index contributed by atoms with van der Waals surface area (Å²) < 4.78 is 7.38. The van der Waals surface area contributed by atoms with E-state index in [0.717, 1.165) is 12.8 Å². The number of halogens is 1. The number of fused-ring (bicyclic) bond motifs is 1. The van der Waals surface area contributed by atoms with Gasteiger partial charge in [0.25, 0.3) is 0 Å². The van der Waals surface area contributed by atoms with E-state index in [0.29, 0.717) is 44.6 Å². The van der Waals surface area contributed by atoms with Gasteiger partial charge in [-0.2, -0.15) is 10.1 Å². The number of nitrogens with one attached hydrogen (secondary N) is 2. The minimum absolute atomic E-state index is 0.129. The molecule has 0 spiro atoms. The molecule has 0 amide bonds. The van der Waals surface area contributed by atoms with Crippen LogP contribution >= 0.6 is 23.8 Å². The Morgan fingerprint density at radius 2 is 2.23 bits per heavy atom. The van der Waals surface area contributed by atoms with Crippen LogP contribution in [0.25, 0.3) is 5.52 Å². The molecule has 1 fully saturated rings. The van der Waals surface area contributed by atoms with Crippen LogP contribution in [0, 0.1) is 6.92 Å². The highest BCUT2D eigenvalue weighted by Gasteiger charge is 2.22. The molecule has 26 heavy (non-hydrogen) atoms. The Kier molecular flexibility index (Phi) is 4.29. The van der Waals surface area contributed by atoms with E-state index in [2.05, 4.69) is 20.7 Å². The molecule has 3 N–H and O–H groups in total. The number of thiocarbonyl (C=S) groups is 1. The Morgan fingerprint density at radius 3 is 2.96 bits per heavy atom. The molecule has 0 saturated heterocycles. The van der Waals surface area contributed by atoms with Gasteiger partial charge in [-0.15, -0.1) is 0 Å². The molecule has 2 aromatic heterocycles. The molecule has 134 valence electrons. The molecule has 3 aromatic rings. The molecular weight excluding hydrogens is 374 g/mol. The maximum atomic E-state index is 9.87. The Morgan fingerprint density at radius 1 is 1.42 bits per heavy atom. The molecule has 0 bridgehead atoms. The first-order chi connectivity index (χ1) is 12.5. The van der Waals surface area contributed by atoms with E-state index in [1.165, 1.54) is 17.0 Å². The number of aryl methyl sites for hydroxylation is 1. The summed E-state index contributed by atoms with van der Waals surface area (Å²) in [5.41, 5.74) is 1.93. The van der Waals surface area contributed by atoms with Gasteiger partial charge in [-0.25, -0.2) is 4.52 Å². The van der Waals surface area contributed by atoms with Crippen molar-refractivity contribution in [1.82, 2.24) is 19.9 Å². The van der Waals surface area contributed by atoms with Gasteiger partial charge in [0.05, 0.1) is 16.9 Å². The number of aromatic nitrogens is 3. The number of aromatic hydroxyl groups is 1. The number of ether oxygens (including phenoxy) is 1. The summed E-state index contributed by atoms with van der Waals surface area (Å²) in [5.74, 6) is 0.979. The van der Waals surface area contributed by atoms with Crippen LogP contribution in [0.4, 0.5) is 5.69 Å². The van der Waals surface area contributed by atoms with Crippen LogP contribution in [0.5, 0.6) is 17.4 Å². The Balaban J connectivity index is 1.55. The fraction of sp³-hybridized carbons (Fsp3) is 0.235. The zero-order chi connectivity index (χ0) is 18.3. The zero-order valence-electron chi connectivity index (χ0n) is 13.9. The van der Waals surface area contributed by atoms with E-state index in [-0.39, 0.29) is 5.75 Å². The molecule has 0 radical (unpaired) electrons. The minimum atomic E-state index is 0.129. The standard InChI is InChI=1S/C17H16ClN5O2S/c1-9-14(24)7-23-15(9)16(19-8-20-23)25-11-4-5-13(12(18)6-11)22-17(26)21-10-2-3-10/h4-8,10,24H,2-3H2,1H3,(H2,21,22,26). The van der Waals surface area contributed by atoms with Crippen LogP contribution in [-0.2, 0) is 0 Å². The van der Waals surface area contributed by atoms with E-state index in [4.69, 9.17) is 28.6 Å². The highest BCUT2D eigenvalue weighted by molar-refractivity contribution is 7.80. The molecular formula is C17H16ClN5O2S. The van der Waals surface area contributed by atoms with Crippen molar-refractivity contribution in [1.29, 1.82) is 0 Å². The minimum Gasteiger partial charge on any atom is -0.506 e. The molecule has 4 rings (SSSR count). The molecule has 1 aliphatic carbocycles. The van der Waals surface area contributed by atoms with Crippen molar-refractivity contribution in [2.24, 2.45) is 0 Å². The molecule has 7 nitrogen and oxygen atoms in total. The predicted octanol–water partition coefficient (Wildman–Crippen LogP) is 3.64. The molecule has 0 aliphatic heterocycles. The van der Waals surface area contributed by atoms with Crippen molar-refractivity contribution >= 4 is 40.1 Å². The Hall–Kier alpha value is -2.58. The maximum Gasteiger partial charge on any atom is 0.247 e. The normalized spacial score (nSPS) is 13.6. The summed E-state index contributed by atoms with van der Waals surface area (Å²) in [4.78, 5) is 4.16. The highest BCUT2D eigenvalue weighted by atomic mass is 35.5. The smallest absolute Gasteiger partial charge is 0.247 e. The molecule has 1 saturated carbocycles. The third-order valence-corrected chi connectivity index (χ3v) is 4.62. The fourth-order valence-corrected chi connectivity index (χ4v) is 3.03. The second-order valence-corrected chi connectivity index (χ2v) is 6.93. The molecule has 2 heterocycles. The van der Waals surface area contributed by atoms with Crippen LogP contribution in [0.2, 0.25) is 5.02 Å². The third-order valence-electron chi connectivity index (χ3n) is 4.08. The molecule has 0 atom stereocenters. The lowest BCUT2D eigenvalue weighted by Crippen LogP contribution is -2.30. The van der Waals surface area contributed by atoms with E-state index in [1.54, 1.807) is 25.1 Å². The Bertz CT molecular complexity index is 1000. The van der Waals surface area contributed by atoms with Crippen LogP contribution in [0.3, 0.4) is 0 Å². The van der Waals surface area contributed by atoms with E-state index in [9.17, 15) is 5.11 Å². The fourth-order valence-electron chi connectivity index (χ4n) is 2.53. The lowest BCUT2D eigenvalue weighted by molar-refractivity contribution is 0.463. The summed E-state index contributed by atoms with van der Waals surface area (Å²) in [6.07, 6.45) is 5.16. The SMILES string of the molecule is Cc1c(O)cn2ncnc(Oc3ccc(NC(=S)NC4CC4)c(Cl)c3)c12. The summed E-state index contributed by atoms with van der Waals surface area (Å²) >= 11 is 11.6. The van der Waals surface area contributed by atoms with Gasteiger partial charge in [0.15, 0.2) is 5.11 Å². The van der Waals surface area contributed by atoms with Gasteiger partial charge in [0.2, 0.25) is 5.88 Å². The second-order valence-electron chi connectivity index (χ2n) is 6.11. The van der Waals surface area contributed by atoms with E-state index >= 15 is 0 Å². The molecule has 0 unspecified atom stereocenters. The average molecular weight is 390 g/mol. The predicted molar refractivity (Wildman–Crippen MR) is 103 cm³/mol. The largest absolute Gasteiger partial charge is 0.506 e. The van der Waals surface area contributed by atoms with Crippen molar-refractivity contribution in [3.05, 3.63) is 41.3 Å². The summed E-state index contributed by atoms with van der Waals surface area (Å²) in [6, 6.07) is 5.71. The van der Waals surface area contributed by atoms with E-state index < -0.39 is 0 Å². The first kappa shape index (κ1) is 16.9. The second kappa shape index (κ2) is 6.62. The first-order valence-corrected chi connectivity index (χ1v) is 8.86. The van der Waals surface area contributed by atoms with Gasteiger partial charge in [-0.3, -0.25) is 0 Å². The molecule has 1 aliphatic rings. The van der Waals surface area contributed by atoms with Crippen molar-refractivity contribution in [2.75, 3.05) is 5.32 Å². The van der Waals surface area contributed by atoms with Crippen LogP contribution < -0.4 is 15.4 Å². The Labute approximate surface area is 160 Å². The first-order valence-electron chi connectivity index (χ1n) is 8.08. The van der Waals surface area contributed by atoms with Gasteiger partial charge in [0.1, 0.15) is 23.3 Å². The number of benzene rings is 1. The number of nitrogens with zero attached hydrogens (tertiary/aromatic N) is 3. The van der Waals surface area contributed by atoms with Gasteiger partial charge >= 0.3 is 0 Å². The van der Waals surface area contributed by atoms with Crippen LogP contribution in [0.1, 0.15) is 18.4 Å². The highest BCUT2D eigenvalue weighted by Crippen LogP contribution is 2.33. The summed E-state index contributed by atoms with van der Waals surface area (Å²) in [6.45, 7) is 1.77. The molecule has 1 aromatic carbocycles. The van der Waals surface area contributed by atoms with Crippen molar-refractivity contribution in [3.63, 3.8) is 0 Å². The third kappa shape index (κ3) is 3.38. The lowest BCUT2D eigenvalue weighted by Gasteiger charge is -2.12.